The normalized spacial score (nSPS) is 12.4. The van der Waals surface area contributed by atoms with Gasteiger partial charge in [0, 0.05) is 5.92 Å². The summed E-state index contributed by atoms with van der Waals surface area (Å²) in [6.07, 6.45) is 0.534. The lowest BCUT2D eigenvalue weighted by Gasteiger charge is -2.16. The summed E-state index contributed by atoms with van der Waals surface area (Å²) in [6.45, 7) is 3.84. The fraction of sp³-hybridized carbons (Fsp3) is 0.133. The van der Waals surface area contributed by atoms with Gasteiger partial charge >= 0.3 is 0 Å². The van der Waals surface area contributed by atoms with Crippen LogP contribution in [0.15, 0.2) is 48.5 Å². The molecule has 1 radical (unpaired) electrons. The molecule has 0 heterocycles. The molecule has 17 heavy (non-hydrogen) atoms. The van der Waals surface area contributed by atoms with Gasteiger partial charge in [0.25, 0.3) is 0 Å². The van der Waals surface area contributed by atoms with E-state index in [4.69, 9.17) is 0 Å². The first-order valence-corrected chi connectivity index (χ1v) is 5.51. The summed E-state index contributed by atoms with van der Waals surface area (Å²) in [5.74, 6) is -0.660. The second-order valence-corrected chi connectivity index (χ2v) is 3.91. The standard InChI is InChI=1S/C15H13F2/c1-2-13(11-7-9-12(16)10-8-11)14-5-3-4-6-15(14)17/h3-10,13H,1-2H2. The van der Waals surface area contributed by atoms with E-state index in [9.17, 15) is 8.78 Å². The van der Waals surface area contributed by atoms with Gasteiger partial charge in [-0.2, -0.15) is 0 Å². The van der Waals surface area contributed by atoms with Gasteiger partial charge < -0.3 is 0 Å². The molecule has 0 aromatic heterocycles. The number of halogens is 2. The van der Waals surface area contributed by atoms with E-state index in [2.05, 4.69) is 6.92 Å². The number of hydrogen-bond donors (Lipinski definition) is 0. The van der Waals surface area contributed by atoms with E-state index in [-0.39, 0.29) is 17.6 Å². The molecule has 1 atom stereocenters. The molecule has 0 aliphatic carbocycles. The molecule has 0 amide bonds. The molecule has 0 saturated heterocycles. The van der Waals surface area contributed by atoms with Crippen LogP contribution in [0.3, 0.4) is 0 Å². The van der Waals surface area contributed by atoms with E-state index in [1.54, 1.807) is 30.3 Å². The van der Waals surface area contributed by atoms with Gasteiger partial charge in [0.2, 0.25) is 0 Å². The summed E-state index contributed by atoms with van der Waals surface area (Å²) in [6, 6.07) is 12.8. The third-order valence-electron chi connectivity index (χ3n) is 2.84. The molecule has 0 aliphatic rings. The maximum atomic E-state index is 13.7. The summed E-state index contributed by atoms with van der Waals surface area (Å²) in [4.78, 5) is 0. The third kappa shape index (κ3) is 2.52. The average Bonchev–Trinajstić information content (AvgIpc) is 2.35. The fourth-order valence-corrected chi connectivity index (χ4v) is 1.95. The van der Waals surface area contributed by atoms with Crippen LogP contribution in [0.1, 0.15) is 23.5 Å². The molecule has 0 aliphatic heterocycles. The Kier molecular flexibility index (Phi) is 3.52. The highest BCUT2D eigenvalue weighted by Gasteiger charge is 2.15. The molecule has 2 heteroatoms. The Hall–Kier alpha value is -1.70. The van der Waals surface area contributed by atoms with Crippen LogP contribution in [0.2, 0.25) is 0 Å². The van der Waals surface area contributed by atoms with Gasteiger partial charge in [-0.25, -0.2) is 8.78 Å². The minimum atomic E-state index is -0.287. The monoisotopic (exact) mass is 231 g/mol. The Bertz CT molecular complexity index is 489. The van der Waals surface area contributed by atoms with Crippen molar-refractivity contribution in [1.29, 1.82) is 0 Å². The first-order chi connectivity index (χ1) is 8.22. The Balaban J connectivity index is 2.40. The van der Waals surface area contributed by atoms with Gasteiger partial charge in [0.15, 0.2) is 0 Å². The zero-order valence-electron chi connectivity index (χ0n) is 9.37. The molecule has 87 valence electrons. The summed E-state index contributed by atoms with van der Waals surface area (Å²) in [5.41, 5.74) is 1.49. The molecule has 0 N–H and O–H groups in total. The summed E-state index contributed by atoms with van der Waals surface area (Å²) < 4.78 is 26.5. The Morgan fingerprint density at radius 2 is 1.59 bits per heavy atom. The Labute approximate surface area is 99.9 Å². The van der Waals surface area contributed by atoms with Crippen LogP contribution in [-0.2, 0) is 0 Å². The predicted octanol–water partition coefficient (Wildman–Crippen LogP) is 4.32. The second kappa shape index (κ2) is 5.09. The van der Waals surface area contributed by atoms with Crippen LogP contribution in [0, 0.1) is 18.6 Å². The lowest BCUT2D eigenvalue weighted by molar-refractivity contribution is 0.595. The van der Waals surface area contributed by atoms with Crippen molar-refractivity contribution in [3.63, 3.8) is 0 Å². The average molecular weight is 231 g/mol. The van der Waals surface area contributed by atoms with Crippen molar-refractivity contribution in [2.24, 2.45) is 0 Å². The quantitative estimate of drug-likeness (QED) is 0.738. The summed E-state index contributed by atoms with van der Waals surface area (Å²) >= 11 is 0. The van der Waals surface area contributed by atoms with Crippen molar-refractivity contribution in [3.8, 4) is 0 Å². The highest BCUT2D eigenvalue weighted by molar-refractivity contribution is 5.33. The van der Waals surface area contributed by atoms with Crippen LogP contribution in [0.4, 0.5) is 8.78 Å². The zero-order valence-corrected chi connectivity index (χ0v) is 9.37. The molecule has 0 nitrogen and oxygen atoms in total. The van der Waals surface area contributed by atoms with Gasteiger partial charge in [-0.1, -0.05) is 37.3 Å². The van der Waals surface area contributed by atoms with Crippen LogP contribution >= 0.6 is 0 Å². The van der Waals surface area contributed by atoms with Gasteiger partial charge in [-0.15, -0.1) is 0 Å². The van der Waals surface area contributed by atoms with Crippen molar-refractivity contribution in [2.75, 3.05) is 0 Å². The van der Waals surface area contributed by atoms with Crippen molar-refractivity contribution in [1.82, 2.24) is 0 Å². The van der Waals surface area contributed by atoms with Crippen LogP contribution < -0.4 is 0 Å². The van der Waals surface area contributed by atoms with E-state index in [0.717, 1.165) is 5.56 Å². The highest BCUT2D eigenvalue weighted by atomic mass is 19.1. The fourth-order valence-electron chi connectivity index (χ4n) is 1.95. The van der Waals surface area contributed by atoms with Crippen LogP contribution in [-0.4, -0.2) is 0 Å². The summed E-state index contributed by atoms with van der Waals surface area (Å²) in [5, 5.41) is 0. The van der Waals surface area contributed by atoms with Crippen molar-refractivity contribution in [2.45, 2.75) is 12.3 Å². The SMILES string of the molecule is [CH2]CC(c1ccc(F)cc1)c1ccccc1F. The molecule has 0 spiro atoms. The topological polar surface area (TPSA) is 0 Å². The first-order valence-electron chi connectivity index (χ1n) is 5.51. The third-order valence-corrected chi connectivity index (χ3v) is 2.84. The molecule has 2 rings (SSSR count). The number of hydrogen-bond acceptors (Lipinski definition) is 0. The van der Waals surface area contributed by atoms with E-state index < -0.39 is 0 Å². The summed E-state index contributed by atoms with van der Waals surface area (Å²) in [7, 11) is 0. The van der Waals surface area contributed by atoms with Crippen LogP contribution in [0.5, 0.6) is 0 Å². The second-order valence-electron chi connectivity index (χ2n) is 3.91. The minimum absolute atomic E-state index is 0.128. The lowest BCUT2D eigenvalue weighted by atomic mass is 9.89. The van der Waals surface area contributed by atoms with Crippen molar-refractivity contribution < 1.29 is 8.78 Å². The van der Waals surface area contributed by atoms with Crippen molar-refractivity contribution >= 4 is 0 Å². The molecular formula is C15H13F2. The van der Waals surface area contributed by atoms with Crippen LogP contribution in [0.25, 0.3) is 0 Å². The molecule has 2 aromatic rings. The highest BCUT2D eigenvalue weighted by Crippen LogP contribution is 2.29. The molecule has 0 saturated carbocycles. The number of rotatable bonds is 3. The van der Waals surface area contributed by atoms with Gasteiger partial charge in [-0.3, -0.25) is 0 Å². The smallest absolute Gasteiger partial charge is 0.127 e. The number of benzene rings is 2. The molecule has 0 bridgehead atoms. The van der Waals surface area contributed by atoms with E-state index in [0.29, 0.717) is 12.0 Å². The van der Waals surface area contributed by atoms with E-state index >= 15 is 0 Å². The maximum Gasteiger partial charge on any atom is 0.127 e. The van der Waals surface area contributed by atoms with E-state index in [1.807, 2.05) is 0 Å². The van der Waals surface area contributed by atoms with Crippen molar-refractivity contribution in [3.05, 3.63) is 78.2 Å². The molecule has 2 aromatic carbocycles. The maximum absolute atomic E-state index is 13.7. The van der Waals surface area contributed by atoms with Gasteiger partial charge in [-0.05, 0) is 35.7 Å². The molecular weight excluding hydrogens is 218 g/mol. The van der Waals surface area contributed by atoms with E-state index in [1.165, 1.54) is 18.2 Å². The Morgan fingerprint density at radius 3 is 2.18 bits per heavy atom. The first kappa shape index (κ1) is 11.8. The largest absolute Gasteiger partial charge is 0.207 e. The van der Waals surface area contributed by atoms with Gasteiger partial charge in [0.05, 0.1) is 0 Å². The lowest BCUT2D eigenvalue weighted by Crippen LogP contribution is -2.02. The molecule has 0 fully saturated rings. The molecule has 1 unspecified atom stereocenters. The van der Waals surface area contributed by atoms with Gasteiger partial charge in [0.1, 0.15) is 11.6 Å². The Morgan fingerprint density at radius 1 is 0.941 bits per heavy atom. The zero-order chi connectivity index (χ0) is 12.3. The predicted molar refractivity (Wildman–Crippen MR) is 64.6 cm³/mol. The minimum Gasteiger partial charge on any atom is -0.207 e.